The molecule has 1 heterocycles. The van der Waals surface area contributed by atoms with Crippen LogP contribution in [0.15, 0.2) is 30.6 Å². The fourth-order valence-electron chi connectivity index (χ4n) is 1.45. The SMILES string of the molecule is O=[N+]([O-])c1ccccc1NCCc1ncn[nH]1. The van der Waals surface area contributed by atoms with E-state index in [0.717, 1.165) is 5.82 Å². The zero-order chi connectivity index (χ0) is 12.1. The van der Waals surface area contributed by atoms with E-state index in [2.05, 4.69) is 20.5 Å². The van der Waals surface area contributed by atoms with Gasteiger partial charge in [0.25, 0.3) is 5.69 Å². The van der Waals surface area contributed by atoms with Crippen LogP contribution < -0.4 is 5.32 Å². The number of nitro benzene ring substituents is 1. The van der Waals surface area contributed by atoms with Gasteiger partial charge >= 0.3 is 0 Å². The van der Waals surface area contributed by atoms with Crippen LogP contribution in [-0.2, 0) is 6.42 Å². The monoisotopic (exact) mass is 233 g/mol. The van der Waals surface area contributed by atoms with Crippen LogP contribution >= 0.6 is 0 Å². The van der Waals surface area contributed by atoms with E-state index >= 15 is 0 Å². The number of benzene rings is 1. The lowest BCUT2D eigenvalue weighted by molar-refractivity contribution is -0.384. The number of aromatic nitrogens is 3. The summed E-state index contributed by atoms with van der Waals surface area (Å²) in [6.45, 7) is 0.556. The van der Waals surface area contributed by atoms with E-state index in [-0.39, 0.29) is 5.69 Å². The Hall–Kier alpha value is -2.44. The van der Waals surface area contributed by atoms with Crippen LogP contribution in [-0.4, -0.2) is 26.6 Å². The summed E-state index contributed by atoms with van der Waals surface area (Å²) in [5.74, 6) is 0.746. The smallest absolute Gasteiger partial charge is 0.292 e. The van der Waals surface area contributed by atoms with Gasteiger partial charge < -0.3 is 5.32 Å². The molecule has 1 aromatic heterocycles. The molecule has 0 radical (unpaired) electrons. The van der Waals surface area contributed by atoms with Gasteiger partial charge in [-0.15, -0.1) is 0 Å². The molecule has 0 aliphatic rings. The van der Waals surface area contributed by atoms with Crippen LogP contribution in [0.2, 0.25) is 0 Å². The first-order chi connectivity index (χ1) is 8.27. The summed E-state index contributed by atoms with van der Waals surface area (Å²) in [6.07, 6.45) is 2.06. The molecule has 0 saturated carbocycles. The van der Waals surface area contributed by atoms with Crippen LogP contribution in [0.3, 0.4) is 0 Å². The van der Waals surface area contributed by atoms with Crippen molar-refractivity contribution in [2.24, 2.45) is 0 Å². The van der Waals surface area contributed by atoms with Crippen molar-refractivity contribution in [1.82, 2.24) is 15.2 Å². The molecule has 0 saturated heterocycles. The topological polar surface area (TPSA) is 96.7 Å². The molecule has 2 N–H and O–H groups in total. The highest BCUT2D eigenvalue weighted by Gasteiger charge is 2.11. The molecular formula is C10H11N5O2. The molecule has 1 aromatic carbocycles. The van der Waals surface area contributed by atoms with Crippen molar-refractivity contribution < 1.29 is 4.92 Å². The molecule has 2 rings (SSSR count). The van der Waals surface area contributed by atoms with Gasteiger partial charge in [-0.1, -0.05) is 12.1 Å². The second-order valence-corrected chi connectivity index (χ2v) is 3.38. The van der Waals surface area contributed by atoms with E-state index in [0.29, 0.717) is 18.7 Å². The Bertz CT molecular complexity index is 497. The number of H-pyrrole nitrogens is 1. The Morgan fingerprint density at radius 3 is 2.94 bits per heavy atom. The first kappa shape index (κ1) is 11.1. The lowest BCUT2D eigenvalue weighted by Crippen LogP contribution is -2.07. The van der Waals surface area contributed by atoms with Crippen molar-refractivity contribution in [3.8, 4) is 0 Å². The van der Waals surface area contributed by atoms with E-state index in [1.807, 2.05) is 0 Å². The van der Waals surface area contributed by atoms with Crippen LogP contribution in [0.4, 0.5) is 11.4 Å². The number of nitrogens with one attached hydrogen (secondary N) is 2. The largest absolute Gasteiger partial charge is 0.379 e. The lowest BCUT2D eigenvalue weighted by Gasteiger charge is -2.05. The summed E-state index contributed by atoms with van der Waals surface area (Å²) in [6, 6.07) is 6.54. The zero-order valence-corrected chi connectivity index (χ0v) is 8.96. The summed E-state index contributed by atoms with van der Waals surface area (Å²) in [5.41, 5.74) is 0.585. The third-order valence-electron chi connectivity index (χ3n) is 2.24. The second kappa shape index (κ2) is 5.06. The Morgan fingerprint density at radius 1 is 1.41 bits per heavy atom. The average Bonchev–Trinajstić information content (AvgIpc) is 2.82. The third-order valence-corrected chi connectivity index (χ3v) is 2.24. The van der Waals surface area contributed by atoms with Crippen molar-refractivity contribution in [2.75, 3.05) is 11.9 Å². The Morgan fingerprint density at radius 2 is 2.24 bits per heavy atom. The van der Waals surface area contributed by atoms with Crippen LogP contribution in [0.25, 0.3) is 0 Å². The Balaban J connectivity index is 1.97. The van der Waals surface area contributed by atoms with E-state index in [1.54, 1.807) is 18.2 Å². The van der Waals surface area contributed by atoms with E-state index < -0.39 is 4.92 Å². The minimum absolute atomic E-state index is 0.0741. The summed E-state index contributed by atoms with van der Waals surface area (Å²) in [5, 5.41) is 20.2. The van der Waals surface area contributed by atoms with Crippen molar-refractivity contribution >= 4 is 11.4 Å². The number of nitro groups is 1. The van der Waals surface area contributed by atoms with E-state index in [9.17, 15) is 10.1 Å². The molecular weight excluding hydrogens is 222 g/mol. The fraction of sp³-hybridized carbons (Fsp3) is 0.200. The predicted molar refractivity (Wildman–Crippen MR) is 61.7 cm³/mol. The van der Waals surface area contributed by atoms with Crippen molar-refractivity contribution in [3.05, 3.63) is 46.5 Å². The summed E-state index contributed by atoms with van der Waals surface area (Å²) < 4.78 is 0. The maximum Gasteiger partial charge on any atom is 0.292 e. The highest BCUT2D eigenvalue weighted by molar-refractivity contribution is 5.61. The molecule has 0 aliphatic heterocycles. The number of anilines is 1. The molecule has 0 aliphatic carbocycles. The maximum absolute atomic E-state index is 10.8. The van der Waals surface area contributed by atoms with Gasteiger partial charge in [-0.05, 0) is 6.07 Å². The number of rotatable bonds is 5. The van der Waals surface area contributed by atoms with Crippen LogP contribution in [0, 0.1) is 10.1 Å². The molecule has 7 nitrogen and oxygen atoms in total. The normalized spacial score (nSPS) is 10.1. The molecule has 0 spiro atoms. The number of hydrogen-bond donors (Lipinski definition) is 2. The number of hydrogen-bond acceptors (Lipinski definition) is 5. The molecule has 0 bridgehead atoms. The molecule has 0 amide bonds. The number of nitrogens with zero attached hydrogens (tertiary/aromatic N) is 3. The first-order valence-corrected chi connectivity index (χ1v) is 5.09. The van der Waals surface area contributed by atoms with Crippen LogP contribution in [0.5, 0.6) is 0 Å². The quantitative estimate of drug-likeness (QED) is 0.600. The maximum atomic E-state index is 10.8. The van der Waals surface area contributed by atoms with Gasteiger partial charge in [0.1, 0.15) is 17.8 Å². The molecule has 88 valence electrons. The minimum Gasteiger partial charge on any atom is -0.379 e. The molecule has 0 atom stereocenters. The summed E-state index contributed by atoms with van der Waals surface area (Å²) in [7, 11) is 0. The fourth-order valence-corrected chi connectivity index (χ4v) is 1.45. The molecule has 17 heavy (non-hydrogen) atoms. The predicted octanol–water partition coefficient (Wildman–Crippen LogP) is 1.37. The molecule has 0 unspecified atom stereocenters. The molecule has 7 heteroatoms. The van der Waals surface area contributed by atoms with Crippen molar-refractivity contribution in [1.29, 1.82) is 0 Å². The molecule has 0 fully saturated rings. The molecule has 2 aromatic rings. The van der Waals surface area contributed by atoms with Gasteiger partial charge in [-0.3, -0.25) is 15.2 Å². The van der Waals surface area contributed by atoms with Gasteiger partial charge in [-0.25, -0.2) is 4.98 Å². The highest BCUT2D eigenvalue weighted by atomic mass is 16.6. The standard InChI is InChI=1S/C10H11N5O2/c16-15(17)9-4-2-1-3-8(9)11-6-5-10-12-7-13-14-10/h1-4,7,11H,5-6H2,(H,12,13,14). The third kappa shape index (κ3) is 2.77. The van der Waals surface area contributed by atoms with Gasteiger partial charge in [0, 0.05) is 19.0 Å². The minimum atomic E-state index is -0.406. The van der Waals surface area contributed by atoms with Crippen molar-refractivity contribution in [3.63, 3.8) is 0 Å². The second-order valence-electron chi connectivity index (χ2n) is 3.38. The first-order valence-electron chi connectivity index (χ1n) is 5.09. The number of aromatic amines is 1. The van der Waals surface area contributed by atoms with Crippen molar-refractivity contribution in [2.45, 2.75) is 6.42 Å². The van der Waals surface area contributed by atoms with Gasteiger partial charge in [0.05, 0.1) is 4.92 Å². The summed E-state index contributed by atoms with van der Waals surface area (Å²) in [4.78, 5) is 14.3. The Kier molecular flexibility index (Phi) is 3.29. The number of para-hydroxylation sites is 2. The van der Waals surface area contributed by atoms with Gasteiger partial charge in [0.2, 0.25) is 0 Å². The van der Waals surface area contributed by atoms with E-state index in [4.69, 9.17) is 0 Å². The average molecular weight is 233 g/mol. The highest BCUT2D eigenvalue weighted by Crippen LogP contribution is 2.22. The van der Waals surface area contributed by atoms with Gasteiger partial charge in [0.15, 0.2) is 0 Å². The Labute approximate surface area is 97.0 Å². The van der Waals surface area contributed by atoms with Gasteiger partial charge in [-0.2, -0.15) is 5.10 Å². The van der Waals surface area contributed by atoms with Crippen LogP contribution in [0.1, 0.15) is 5.82 Å². The summed E-state index contributed by atoms with van der Waals surface area (Å²) >= 11 is 0. The van der Waals surface area contributed by atoms with E-state index in [1.165, 1.54) is 12.4 Å². The lowest BCUT2D eigenvalue weighted by atomic mass is 10.2. The zero-order valence-electron chi connectivity index (χ0n) is 8.96.